The number of aliphatic hydroxyl groups is 1. The van der Waals surface area contributed by atoms with Crippen LogP contribution < -0.4 is 15.8 Å². The molecule has 4 atom stereocenters. The highest BCUT2D eigenvalue weighted by Crippen LogP contribution is 2.29. The van der Waals surface area contributed by atoms with Crippen molar-refractivity contribution in [3.05, 3.63) is 29.8 Å². The molecule has 0 aliphatic heterocycles. The SMILES string of the molecule is COc1ccc([C@@H](C(=O)N[C@@H](C(C)C)[C@H](O)C(F)(F)F)C(C)C(N)=O)cc1. The quantitative estimate of drug-likeness (QED) is 0.632. The van der Waals surface area contributed by atoms with Crippen LogP contribution in [0.15, 0.2) is 24.3 Å². The zero-order valence-corrected chi connectivity index (χ0v) is 15.6. The van der Waals surface area contributed by atoms with E-state index < -0.39 is 47.9 Å². The van der Waals surface area contributed by atoms with Gasteiger partial charge in [-0.05, 0) is 23.6 Å². The number of methoxy groups -OCH3 is 1. The van der Waals surface area contributed by atoms with Gasteiger partial charge in [0.05, 0.1) is 25.0 Å². The summed E-state index contributed by atoms with van der Waals surface area (Å²) in [4.78, 5) is 24.4. The molecule has 0 saturated heterocycles. The molecular formula is C18H25F3N2O4. The predicted molar refractivity (Wildman–Crippen MR) is 92.9 cm³/mol. The van der Waals surface area contributed by atoms with Gasteiger partial charge in [-0.15, -0.1) is 0 Å². The van der Waals surface area contributed by atoms with Crippen molar-refractivity contribution in [2.24, 2.45) is 17.6 Å². The lowest BCUT2D eigenvalue weighted by Gasteiger charge is -2.31. The topological polar surface area (TPSA) is 102 Å². The van der Waals surface area contributed by atoms with Crippen molar-refractivity contribution in [2.45, 2.75) is 45.0 Å². The largest absolute Gasteiger partial charge is 0.497 e. The second-order valence-electron chi connectivity index (χ2n) is 6.71. The second kappa shape index (κ2) is 9.07. The smallest absolute Gasteiger partial charge is 0.416 e. The third-order valence-electron chi connectivity index (χ3n) is 4.41. The molecule has 2 amide bonds. The van der Waals surface area contributed by atoms with Gasteiger partial charge in [-0.3, -0.25) is 9.59 Å². The van der Waals surface area contributed by atoms with Gasteiger partial charge in [0.15, 0.2) is 6.10 Å². The van der Waals surface area contributed by atoms with Gasteiger partial charge in [0, 0.05) is 0 Å². The fourth-order valence-electron chi connectivity index (χ4n) is 2.71. The third-order valence-corrected chi connectivity index (χ3v) is 4.41. The lowest BCUT2D eigenvalue weighted by Crippen LogP contribution is -2.54. The van der Waals surface area contributed by atoms with Crippen molar-refractivity contribution in [1.29, 1.82) is 0 Å². The minimum absolute atomic E-state index is 0.392. The van der Waals surface area contributed by atoms with Crippen LogP contribution in [0.1, 0.15) is 32.3 Å². The van der Waals surface area contributed by atoms with E-state index in [9.17, 15) is 27.9 Å². The van der Waals surface area contributed by atoms with E-state index in [1.807, 2.05) is 0 Å². The number of carbonyl (C=O) groups is 2. The molecule has 0 fully saturated rings. The Bertz CT molecular complexity index is 647. The standard InChI is InChI=1S/C18H25F3N2O4/c1-9(2)14(15(24)18(19,20)21)23-17(26)13(10(3)16(22)25)11-5-7-12(27-4)8-6-11/h5-10,13-15,24H,1-4H3,(H2,22,25)(H,23,26)/t10?,13-,14-,15-/m0/s1. The average molecular weight is 390 g/mol. The molecule has 0 saturated carbocycles. The summed E-state index contributed by atoms with van der Waals surface area (Å²) in [5, 5.41) is 11.8. The summed E-state index contributed by atoms with van der Waals surface area (Å²) in [5.74, 6) is -3.88. The first-order valence-corrected chi connectivity index (χ1v) is 8.38. The van der Waals surface area contributed by atoms with Crippen LogP contribution in [0.2, 0.25) is 0 Å². The number of ether oxygens (including phenoxy) is 1. The van der Waals surface area contributed by atoms with Crippen molar-refractivity contribution < 1.29 is 32.6 Å². The van der Waals surface area contributed by atoms with E-state index in [0.717, 1.165) is 0 Å². The van der Waals surface area contributed by atoms with E-state index >= 15 is 0 Å². The molecule has 0 spiro atoms. The Labute approximate surface area is 155 Å². The summed E-state index contributed by atoms with van der Waals surface area (Å²) >= 11 is 0. The van der Waals surface area contributed by atoms with Gasteiger partial charge in [-0.2, -0.15) is 13.2 Å². The summed E-state index contributed by atoms with van der Waals surface area (Å²) in [5.41, 5.74) is 5.71. The first kappa shape index (κ1) is 22.8. The molecule has 27 heavy (non-hydrogen) atoms. The lowest BCUT2D eigenvalue weighted by molar-refractivity contribution is -0.215. The minimum Gasteiger partial charge on any atom is -0.497 e. The van der Waals surface area contributed by atoms with Gasteiger partial charge in [0.1, 0.15) is 5.75 Å². The highest BCUT2D eigenvalue weighted by atomic mass is 19.4. The predicted octanol–water partition coefficient (Wildman–Crippen LogP) is 1.96. The Kier molecular flexibility index (Phi) is 7.65. The molecule has 152 valence electrons. The minimum atomic E-state index is -4.90. The zero-order valence-electron chi connectivity index (χ0n) is 15.6. The Morgan fingerprint density at radius 3 is 2.04 bits per heavy atom. The van der Waals surface area contributed by atoms with Crippen molar-refractivity contribution in [2.75, 3.05) is 7.11 Å². The maximum Gasteiger partial charge on any atom is 0.416 e. The molecule has 6 nitrogen and oxygen atoms in total. The Morgan fingerprint density at radius 2 is 1.67 bits per heavy atom. The van der Waals surface area contributed by atoms with Gasteiger partial charge in [-0.25, -0.2) is 0 Å². The molecule has 1 aromatic rings. The number of nitrogens with two attached hydrogens (primary N) is 1. The van der Waals surface area contributed by atoms with Crippen LogP contribution in [0.25, 0.3) is 0 Å². The third kappa shape index (κ3) is 5.85. The number of amides is 2. The van der Waals surface area contributed by atoms with Crippen molar-refractivity contribution in [3.63, 3.8) is 0 Å². The molecule has 0 heterocycles. The Morgan fingerprint density at radius 1 is 1.15 bits per heavy atom. The van der Waals surface area contributed by atoms with Crippen LogP contribution in [-0.4, -0.2) is 42.4 Å². The van der Waals surface area contributed by atoms with Crippen molar-refractivity contribution in [1.82, 2.24) is 5.32 Å². The number of hydrogen-bond donors (Lipinski definition) is 3. The fourth-order valence-corrected chi connectivity index (χ4v) is 2.71. The van der Waals surface area contributed by atoms with Crippen molar-refractivity contribution >= 4 is 11.8 Å². The number of aliphatic hydroxyl groups excluding tert-OH is 1. The van der Waals surface area contributed by atoms with Crippen LogP contribution in [0.3, 0.4) is 0 Å². The van der Waals surface area contributed by atoms with E-state index in [0.29, 0.717) is 11.3 Å². The summed E-state index contributed by atoms with van der Waals surface area (Å²) < 4.78 is 43.8. The van der Waals surface area contributed by atoms with E-state index in [-0.39, 0.29) is 0 Å². The van der Waals surface area contributed by atoms with E-state index in [1.165, 1.54) is 40.0 Å². The van der Waals surface area contributed by atoms with Crippen LogP contribution >= 0.6 is 0 Å². The number of primary amides is 1. The molecule has 1 unspecified atom stereocenters. The van der Waals surface area contributed by atoms with Gasteiger partial charge in [-0.1, -0.05) is 32.9 Å². The molecule has 1 aromatic carbocycles. The zero-order chi connectivity index (χ0) is 20.9. The Hall–Kier alpha value is -2.29. The highest BCUT2D eigenvalue weighted by Gasteiger charge is 2.46. The van der Waals surface area contributed by atoms with Crippen LogP contribution in [-0.2, 0) is 9.59 Å². The van der Waals surface area contributed by atoms with E-state index in [4.69, 9.17) is 10.5 Å². The molecule has 9 heteroatoms. The molecule has 0 aromatic heterocycles. The summed E-state index contributed by atoms with van der Waals surface area (Å²) in [7, 11) is 1.46. The average Bonchev–Trinajstić information content (AvgIpc) is 2.58. The fraction of sp³-hybridized carbons (Fsp3) is 0.556. The highest BCUT2D eigenvalue weighted by molar-refractivity contribution is 5.90. The Balaban J connectivity index is 3.20. The van der Waals surface area contributed by atoms with E-state index in [1.54, 1.807) is 12.1 Å². The normalized spacial score (nSPS) is 16.3. The van der Waals surface area contributed by atoms with Crippen LogP contribution in [0.5, 0.6) is 5.75 Å². The lowest BCUT2D eigenvalue weighted by atomic mass is 9.85. The van der Waals surface area contributed by atoms with Crippen LogP contribution in [0, 0.1) is 11.8 Å². The number of carbonyl (C=O) groups excluding carboxylic acids is 2. The summed E-state index contributed by atoms with van der Waals surface area (Å²) in [6.07, 6.45) is -7.63. The summed E-state index contributed by atoms with van der Waals surface area (Å²) in [6, 6.07) is 4.63. The second-order valence-corrected chi connectivity index (χ2v) is 6.71. The molecule has 0 radical (unpaired) electrons. The van der Waals surface area contributed by atoms with Gasteiger partial charge < -0.3 is 20.9 Å². The molecule has 1 rings (SSSR count). The maximum atomic E-state index is 12.9. The first-order valence-electron chi connectivity index (χ1n) is 8.38. The summed E-state index contributed by atoms with van der Waals surface area (Å²) in [6.45, 7) is 4.31. The van der Waals surface area contributed by atoms with Crippen LogP contribution in [0.4, 0.5) is 13.2 Å². The number of halogens is 3. The first-order chi connectivity index (χ1) is 12.4. The number of rotatable bonds is 8. The molecule has 0 aliphatic carbocycles. The molecule has 0 aliphatic rings. The molecular weight excluding hydrogens is 365 g/mol. The molecule has 4 N–H and O–H groups in total. The van der Waals surface area contributed by atoms with Gasteiger partial charge >= 0.3 is 6.18 Å². The van der Waals surface area contributed by atoms with E-state index in [2.05, 4.69) is 5.32 Å². The monoisotopic (exact) mass is 390 g/mol. The number of nitrogens with one attached hydrogen (secondary N) is 1. The number of alkyl halides is 3. The molecule has 0 bridgehead atoms. The van der Waals surface area contributed by atoms with Crippen molar-refractivity contribution in [3.8, 4) is 5.75 Å². The van der Waals surface area contributed by atoms with Gasteiger partial charge in [0.25, 0.3) is 0 Å². The van der Waals surface area contributed by atoms with Gasteiger partial charge in [0.2, 0.25) is 11.8 Å². The number of benzene rings is 1. The maximum absolute atomic E-state index is 12.9. The number of hydrogen-bond acceptors (Lipinski definition) is 4.